The smallest absolute Gasteiger partial charge is 0.238 e. The van der Waals surface area contributed by atoms with E-state index in [0.29, 0.717) is 17.6 Å². The fourth-order valence-corrected chi connectivity index (χ4v) is 8.37. The fourth-order valence-electron chi connectivity index (χ4n) is 8.37. The quantitative estimate of drug-likeness (QED) is 0.191. The maximum Gasteiger partial charge on any atom is 0.238 e. The number of para-hydroxylation sites is 2. The van der Waals surface area contributed by atoms with Gasteiger partial charge in [0.2, 0.25) is 5.95 Å². The monoisotopic (exact) mass is 646 g/mol. The minimum Gasteiger partial charge on any atom is -0.456 e. The van der Waals surface area contributed by atoms with Gasteiger partial charge in [-0.3, -0.25) is 4.90 Å². The van der Waals surface area contributed by atoms with Crippen molar-refractivity contribution >= 4 is 39.3 Å². The van der Waals surface area contributed by atoms with Gasteiger partial charge in [-0.15, -0.1) is 0 Å². The van der Waals surface area contributed by atoms with Gasteiger partial charge < -0.3 is 4.42 Å². The Balaban J connectivity index is 1.28. The molecule has 0 atom stereocenters. The van der Waals surface area contributed by atoms with Gasteiger partial charge in [-0.2, -0.15) is 9.97 Å². The normalized spacial score (nSPS) is 15.1. The largest absolute Gasteiger partial charge is 0.456 e. The van der Waals surface area contributed by atoms with E-state index in [1.54, 1.807) is 0 Å². The molecule has 0 saturated carbocycles. The lowest BCUT2D eigenvalue weighted by Gasteiger charge is -2.41. The highest BCUT2D eigenvalue weighted by Gasteiger charge is 2.43. The lowest BCUT2D eigenvalue weighted by atomic mass is 9.72. The summed E-state index contributed by atoms with van der Waals surface area (Å²) in [5, 5.41) is 2.03. The molecule has 0 fully saturated rings. The Morgan fingerprint density at radius 1 is 0.480 bits per heavy atom. The molecule has 5 heteroatoms. The van der Waals surface area contributed by atoms with Crippen molar-refractivity contribution in [1.82, 2.24) is 15.0 Å². The third-order valence-corrected chi connectivity index (χ3v) is 10.9. The third-order valence-electron chi connectivity index (χ3n) is 10.9. The van der Waals surface area contributed by atoms with Crippen LogP contribution in [0.25, 0.3) is 55.8 Å². The molecule has 1 aliphatic carbocycles. The first kappa shape index (κ1) is 28.9. The van der Waals surface area contributed by atoms with Crippen LogP contribution in [0.4, 0.5) is 17.3 Å². The van der Waals surface area contributed by atoms with Crippen LogP contribution >= 0.6 is 0 Å². The highest BCUT2D eigenvalue weighted by Crippen LogP contribution is 2.57. The van der Waals surface area contributed by atoms with Crippen LogP contribution in [-0.4, -0.2) is 15.0 Å². The molecule has 0 unspecified atom stereocenters. The van der Waals surface area contributed by atoms with E-state index in [1.807, 2.05) is 48.5 Å². The maximum atomic E-state index is 6.30. The lowest BCUT2D eigenvalue weighted by Crippen LogP contribution is -2.32. The first-order valence-electron chi connectivity index (χ1n) is 17.2. The summed E-state index contributed by atoms with van der Waals surface area (Å²) >= 11 is 0. The average molecular weight is 647 g/mol. The average Bonchev–Trinajstić information content (AvgIpc) is 3.64. The van der Waals surface area contributed by atoms with E-state index >= 15 is 0 Å². The van der Waals surface area contributed by atoms with Crippen LogP contribution in [0.5, 0.6) is 0 Å². The molecule has 6 aromatic carbocycles. The van der Waals surface area contributed by atoms with Gasteiger partial charge in [0, 0.05) is 32.7 Å². The highest BCUT2D eigenvalue weighted by molar-refractivity contribution is 6.11. The fraction of sp³-hybridized carbons (Fsp3) is 0.133. The van der Waals surface area contributed by atoms with E-state index in [4.69, 9.17) is 19.4 Å². The Morgan fingerprint density at radius 2 is 1.14 bits per heavy atom. The van der Waals surface area contributed by atoms with Gasteiger partial charge in [0.05, 0.1) is 11.4 Å². The molecule has 5 nitrogen and oxygen atoms in total. The predicted octanol–water partition coefficient (Wildman–Crippen LogP) is 11.5. The van der Waals surface area contributed by atoms with Gasteiger partial charge >= 0.3 is 0 Å². The number of hydrogen-bond acceptors (Lipinski definition) is 5. The molecule has 0 saturated heterocycles. The zero-order chi connectivity index (χ0) is 33.8. The van der Waals surface area contributed by atoms with Gasteiger partial charge in [0.25, 0.3) is 0 Å². The number of aromatic nitrogens is 3. The third kappa shape index (κ3) is 3.98. The van der Waals surface area contributed by atoms with Crippen molar-refractivity contribution < 1.29 is 4.42 Å². The summed E-state index contributed by atoms with van der Waals surface area (Å²) in [7, 11) is 0. The molecule has 0 bridgehead atoms. The standard InChI is InChI=1S/C45H34N4O/c1-44(2)32-20-10-8-17-28(32)31-25-35-37(26-34(31)44)49(36-22-12-11-21-33(36)45(35,3)4)43-47-41(27-15-6-5-7-16-27)46-42(48-43)30-19-14-24-39-40(30)29-18-9-13-23-38(29)50-39/h5-26H,1-4H3. The second-order valence-corrected chi connectivity index (χ2v) is 14.5. The topological polar surface area (TPSA) is 55.1 Å². The summed E-state index contributed by atoms with van der Waals surface area (Å²) in [5.41, 5.74) is 13.0. The Hall–Kier alpha value is -6.07. The zero-order valence-electron chi connectivity index (χ0n) is 28.4. The molecule has 8 aromatic rings. The molecule has 0 radical (unpaired) electrons. The Morgan fingerprint density at radius 3 is 2.00 bits per heavy atom. The van der Waals surface area contributed by atoms with Crippen molar-refractivity contribution in [1.29, 1.82) is 0 Å². The summed E-state index contributed by atoms with van der Waals surface area (Å²) < 4.78 is 6.30. The van der Waals surface area contributed by atoms with Gasteiger partial charge in [-0.05, 0) is 63.7 Å². The number of nitrogens with zero attached hydrogens (tertiary/aromatic N) is 4. The highest BCUT2D eigenvalue weighted by atomic mass is 16.3. The van der Waals surface area contributed by atoms with Crippen molar-refractivity contribution in [3.8, 4) is 33.9 Å². The maximum absolute atomic E-state index is 6.30. The van der Waals surface area contributed by atoms with E-state index < -0.39 is 0 Å². The first-order valence-corrected chi connectivity index (χ1v) is 17.2. The second-order valence-electron chi connectivity index (χ2n) is 14.5. The number of furan rings is 1. The molecule has 0 N–H and O–H groups in total. The summed E-state index contributed by atoms with van der Waals surface area (Å²) in [6.45, 7) is 9.33. The summed E-state index contributed by atoms with van der Waals surface area (Å²) in [4.78, 5) is 18.1. The Kier molecular flexibility index (Phi) is 5.91. The van der Waals surface area contributed by atoms with E-state index in [1.165, 1.54) is 33.4 Å². The zero-order valence-corrected chi connectivity index (χ0v) is 28.4. The van der Waals surface area contributed by atoms with E-state index in [0.717, 1.165) is 44.4 Å². The lowest BCUT2D eigenvalue weighted by molar-refractivity contribution is 0.626. The molecule has 50 heavy (non-hydrogen) atoms. The number of anilines is 3. The van der Waals surface area contributed by atoms with Crippen LogP contribution < -0.4 is 4.90 Å². The summed E-state index contributed by atoms with van der Waals surface area (Å²) in [6, 6.07) is 46.8. The van der Waals surface area contributed by atoms with Crippen molar-refractivity contribution in [2.24, 2.45) is 0 Å². The van der Waals surface area contributed by atoms with Crippen molar-refractivity contribution in [3.63, 3.8) is 0 Å². The first-order chi connectivity index (χ1) is 24.3. The SMILES string of the molecule is CC1(C)c2ccccc2-c2cc3c(cc21)N(c1nc(-c2ccccc2)nc(-c2cccc4oc5ccccc5c24)n1)c1ccccc1C3(C)C. The number of benzene rings is 6. The predicted molar refractivity (Wildman–Crippen MR) is 202 cm³/mol. The molecular formula is C45H34N4O. The van der Waals surface area contributed by atoms with Crippen molar-refractivity contribution in [2.45, 2.75) is 38.5 Å². The van der Waals surface area contributed by atoms with Crippen LogP contribution in [0.15, 0.2) is 138 Å². The number of fused-ring (bicyclic) bond motifs is 8. The Bertz CT molecular complexity index is 2670. The number of hydrogen-bond donors (Lipinski definition) is 0. The number of rotatable bonds is 3. The van der Waals surface area contributed by atoms with E-state index in [9.17, 15) is 0 Å². The van der Waals surface area contributed by atoms with E-state index in [-0.39, 0.29) is 10.8 Å². The van der Waals surface area contributed by atoms with Gasteiger partial charge in [-0.1, -0.05) is 131 Å². The molecule has 3 heterocycles. The second kappa shape index (κ2) is 10.2. The molecular weight excluding hydrogens is 613 g/mol. The van der Waals surface area contributed by atoms with Crippen LogP contribution in [-0.2, 0) is 10.8 Å². The molecule has 240 valence electrons. The minimum absolute atomic E-state index is 0.162. The van der Waals surface area contributed by atoms with E-state index in [2.05, 4.69) is 118 Å². The van der Waals surface area contributed by atoms with Gasteiger partial charge in [0.1, 0.15) is 11.2 Å². The van der Waals surface area contributed by atoms with Crippen LogP contribution in [0, 0.1) is 0 Å². The molecule has 0 spiro atoms. The molecule has 10 rings (SSSR count). The van der Waals surface area contributed by atoms with Gasteiger partial charge in [0.15, 0.2) is 11.6 Å². The van der Waals surface area contributed by atoms with Crippen molar-refractivity contribution in [3.05, 3.63) is 156 Å². The summed E-state index contributed by atoms with van der Waals surface area (Å²) in [6.07, 6.45) is 0. The van der Waals surface area contributed by atoms with Crippen LogP contribution in [0.1, 0.15) is 49.9 Å². The van der Waals surface area contributed by atoms with Gasteiger partial charge in [-0.25, -0.2) is 4.98 Å². The molecule has 1 aliphatic heterocycles. The minimum atomic E-state index is -0.265. The summed E-state index contributed by atoms with van der Waals surface area (Å²) in [5.74, 6) is 1.80. The van der Waals surface area contributed by atoms with Crippen LogP contribution in [0.3, 0.4) is 0 Å². The molecule has 2 aliphatic rings. The molecule has 2 aromatic heterocycles. The van der Waals surface area contributed by atoms with Crippen molar-refractivity contribution in [2.75, 3.05) is 4.90 Å². The van der Waals surface area contributed by atoms with Crippen LogP contribution in [0.2, 0.25) is 0 Å². The molecule has 0 amide bonds. The Labute approximate surface area is 290 Å².